The number of halogens is 1. The van der Waals surface area contributed by atoms with E-state index in [1.165, 1.54) is 11.3 Å². The van der Waals surface area contributed by atoms with Gasteiger partial charge in [0.05, 0.1) is 37.6 Å². The molecule has 4 aromatic rings. The summed E-state index contributed by atoms with van der Waals surface area (Å²) in [6, 6.07) is 21.9. The molecule has 0 N–H and O–H groups in total. The Bertz CT molecular complexity index is 1210. The molecule has 0 atom stereocenters. The van der Waals surface area contributed by atoms with Gasteiger partial charge in [-0.2, -0.15) is 5.26 Å². The summed E-state index contributed by atoms with van der Waals surface area (Å²) in [6.45, 7) is 0.126. The van der Waals surface area contributed by atoms with Crippen LogP contribution in [0.15, 0.2) is 66.7 Å². The fraction of sp³-hybridized carbons (Fsp3) is 0.0455. The zero-order chi connectivity index (χ0) is 19.5. The Morgan fingerprint density at radius 2 is 1.89 bits per heavy atom. The molecule has 0 bridgehead atoms. The van der Waals surface area contributed by atoms with E-state index in [1.54, 1.807) is 36.4 Å². The van der Waals surface area contributed by atoms with Crippen molar-refractivity contribution < 1.29 is 9.53 Å². The van der Waals surface area contributed by atoms with E-state index in [0.717, 1.165) is 21.3 Å². The van der Waals surface area contributed by atoms with Crippen LogP contribution in [0.25, 0.3) is 21.5 Å². The number of fused-ring (bicyclic) bond motifs is 1. The number of esters is 1. The van der Waals surface area contributed by atoms with Crippen LogP contribution in [-0.2, 0) is 11.3 Å². The Labute approximate surface area is 170 Å². The van der Waals surface area contributed by atoms with Crippen LogP contribution in [0.3, 0.4) is 0 Å². The van der Waals surface area contributed by atoms with Crippen LogP contribution < -0.4 is 0 Å². The Morgan fingerprint density at radius 3 is 2.61 bits per heavy atom. The first-order valence-corrected chi connectivity index (χ1v) is 9.65. The zero-order valence-corrected chi connectivity index (χ0v) is 16.1. The summed E-state index contributed by atoms with van der Waals surface area (Å²) in [5, 5.41) is 9.60. The van der Waals surface area contributed by atoms with Gasteiger partial charge in [-0.1, -0.05) is 41.9 Å². The number of hydrogen-bond donors (Lipinski definition) is 0. The van der Waals surface area contributed by atoms with Gasteiger partial charge in [-0.25, -0.2) is 9.78 Å². The minimum atomic E-state index is -0.424. The van der Waals surface area contributed by atoms with Gasteiger partial charge in [0.25, 0.3) is 0 Å². The Balaban J connectivity index is 1.66. The number of para-hydroxylation sites is 1. The number of nitrogens with zero attached hydrogens (tertiary/aromatic N) is 2. The Hall–Kier alpha value is -3.20. The third-order valence-electron chi connectivity index (χ3n) is 4.21. The number of rotatable bonds is 4. The molecule has 0 saturated carbocycles. The van der Waals surface area contributed by atoms with E-state index in [9.17, 15) is 4.79 Å². The largest absolute Gasteiger partial charge is 0.457 e. The molecule has 4 nitrogen and oxygen atoms in total. The molecule has 0 spiro atoms. The summed E-state index contributed by atoms with van der Waals surface area (Å²) in [4.78, 5) is 18.4. The van der Waals surface area contributed by atoms with Gasteiger partial charge >= 0.3 is 5.97 Å². The Morgan fingerprint density at radius 1 is 1.11 bits per heavy atom. The number of thiophene rings is 1. The molecule has 0 radical (unpaired) electrons. The number of carbonyl (C=O) groups is 1. The van der Waals surface area contributed by atoms with Crippen molar-refractivity contribution in [3.8, 4) is 16.6 Å². The van der Waals surface area contributed by atoms with E-state index in [2.05, 4.69) is 11.1 Å². The second-order valence-electron chi connectivity index (χ2n) is 6.06. The lowest BCUT2D eigenvalue weighted by molar-refractivity contribution is 0.0475. The molecule has 0 aliphatic rings. The van der Waals surface area contributed by atoms with Gasteiger partial charge in [-0.05, 0) is 42.0 Å². The summed E-state index contributed by atoms with van der Waals surface area (Å²) in [6.07, 6.45) is 0. The third kappa shape index (κ3) is 3.74. The summed E-state index contributed by atoms with van der Waals surface area (Å²) in [5.41, 5.74) is 3.24. The van der Waals surface area contributed by atoms with E-state index >= 15 is 0 Å². The summed E-state index contributed by atoms with van der Waals surface area (Å²) >= 11 is 7.46. The van der Waals surface area contributed by atoms with Crippen LogP contribution in [0.1, 0.15) is 21.5 Å². The first kappa shape index (κ1) is 18.2. The van der Waals surface area contributed by atoms with Crippen molar-refractivity contribution in [1.29, 1.82) is 5.26 Å². The fourth-order valence-electron chi connectivity index (χ4n) is 2.82. The van der Waals surface area contributed by atoms with Gasteiger partial charge in [-0.3, -0.25) is 0 Å². The van der Waals surface area contributed by atoms with Crippen molar-refractivity contribution in [3.63, 3.8) is 0 Å². The molecule has 0 amide bonds. The molecule has 6 heteroatoms. The van der Waals surface area contributed by atoms with Crippen molar-refractivity contribution in [1.82, 2.24) is 4.98 Å². The van der Waals surface area contributed by atoms with Crippen molar-refractivity contribution in [2.45, 2.75) is 6.61 Å². The van der Waals surface area contributed by atoms with Crippen LogP contribution >= 0.6 is 22.9 Å². The van der Waals surface area contributed by atoms with Crippen molar-refractivity contribution >= 4 is 39.8 Å². The maximum Gasteiger partial charge on any atom is 0.339 e. The summed E-state index contributed by atoms with van der Waals surface area (Å²) in [7, 11) is 0. The molecule has 2 aromatic heterocycles. The quantitative estimate of drug-likeness (QED) is 0.400. The lowest BCUT2D eigenvalue weighted by Crippen LogP contribution is -2.07. The molecular formula is C22H13ClN2O2S. The highest BCUT2D eigenvalue weighted by Gasteiger charge is 2.16. The van der Waals surface area contributed by atoms with Crippen LogP contribution in [0.2, 0.25) is 4.34 Å². The van der Waals surface area contributed by atoms with Crippen LogP contribution in [-0.4, -0.2) is 11.0 Å². The molecule has 0 unspecified atom stereocenters. The number of hydrogen-bond acceptors (Lipinski definition) is 5. The van der Waals surface area contributed by atoms with Gasteiger partial charge in [0.1, 0.15) is 6.61 Å². The minimum Gasteiger partial charge on any atom is -0.457 e. The van der Waals surface area contributed by atoms with Gasteiger partial charge in [0.15, 0.2) is 0 Å². The molecule has 4 rings (SSSR count). The highest BCUT2D eigenvalue weighted by atomic mass is 35.5. The average Bonchev–Trinajstić information content (AvgIpc) is 3.18. The SMILES string of the molecule is N#Cc1ccc(COC(=O)c2cc(-c3ccc(Cl)s3)nc3ccccc23)cc1. The highest BCUT2D eigenvalue weighted by molar-refractivity contribution is 7.19. The minimum absolute atomic E-state index is 0.126. The number of nitriles is 1. The van der Waals surface area contributed by atoms with Gasteiger partial charge in [0, 0.05) is 5.39 Å². The number of pyridine rings is 1. The normalized spacial score (nSPS) is 10.6. The van der Waals surface area contributed by atoms with Crippen molar-refractivity contribution in [3.05, 3.63) is 87.8 Å². The molecule has 136 valence electrons. The molecule has 2 heterocycles. The predicted molar refractivity (Wildman–Crippen MR) is 110 cm³/mol. The van der Waals surface area contributed by atoms with Crippen molar-refractivity contribution in [2.24, 2.45) is 0 Å². The van der Waals surface area contributed by atoms with E-state index in [4.69, 9.17) is 21.6 Å². The maximum absolute atomic E-state index is 12.8. The van der Waals surface area contributed by atoms with Crippen LogP contribution in [0.5, 0.6) is 0 Å². The molecular weight excluding hydrogens is 392 g/mol. The van der Waals surface area contributed by atoms with E-state index in [1.807, 2.05) is 30.3 Å². The lowest BCUT2D eigenvalue weighted by atomic mass is 10.1. The fourth-order valence-corrected chi connectivity index (χ4v) is 3.83. The third-order valence-corrected chi connectivity index (χ3v) is 5.47. The van der Waals surface area contributed by atoms with E-state index < -0.39 is 5.97 Å². The first-order valence-electron chi connectivity index (χ1n) is 8.46. The first-order chi connectivity index (χ1) is 13.6. The molecule has 2 aromatic carbocycles. The second-order valence-corrected chi connectivity index (χ2v) is 7.78. The summed E-state index contributed by atoms with van der Waals surface area (Å²) in [5.74, 6) is -0.424. The van der Waals surface area contributed by atoms with Crippen LogP contribution in [0, 0.1) is 11.3 Å². The van der Waals surface area contributed by atoms with Gasteiger partial charge < -0.3 is 4.74 Å². The number of ether oxygens (including phenoxy) is 1. The molecule has 28 heavy (non-hydrogen) atoms. The predicted octanol–water partition coefficient (Wildman–Crippen LogP) is 5.85. The van der Waals surface area contributed by atoms with E-state index in [0.29, 0.717) is 21.2 Å². The topological polar surface area (TPSA) is 63.0 Å². The zero-order valence-electron chi connectivity index (χ0n) is 14.6. The maximum atomic E-state index is 12.8. The lowest BCUT2D eigenvalue weighted by Gasteiger charge is -2.09. The summed E-state index contributed by atoms with van der Waals surface area (Å²) < 4.78 is 6.18. The van der Waals surface area contributed by atoms with Gasteiger partial charge in [-0.15, -0.1) is 11.3 Å². The smallest absolute Gasteiger partial charge is 0.339 e. The Kier molecular flexibility index (Phi) is 5.07. The number of carbonyl (C=O) groups excluding carboxylic acids is 1. The monoisotopic (exact) mass is 404 g/mol. The molecule has 0 aliphatic heterocycles. The van der Waals surface area contributed by atoms with E-state index in [-0.39, 0.29) is 6.61 Å². The second kappa shape index (κ2) is 7.81. The molecule has 0 aliphatic carbocycles. The average molecular weight is 405 g/mol. The highest BCUT2D eigenvalue weighted by Crippen LogP contribution is 2.32. The number of benzene rings is 2. The van der Waals surface area contributed by atoms with Gasteiger partial charge in [0.2, 0.25) is 0 Å². The standard InChI is InChI=1S/C22H13ClN2O2S/c23-21-10-9-20(28-21)19-11-17(16-3-1-2-4-18(16)25-19)22(26)27-13-15-7-5-14(12-24)6-8-15/h1-11H,13H2. The molecule has 0 fully saturated rings. The molecule has 0 saturated heterocycles. The van der Waals surface area contributed by atoms with Crippen LogP contribution in [0.4, 0.5) is 0 Å². The number of aromatic nitrogens is 1. The van der Waals surface area contributed by atoms with Crippen molar-refractivity contribution in [2.75, 3.05) is 0 Å².